The van der Waals surface area contributed by atoms with E-state index >= 15 is 0 Å². The van der Waals surface area contributed by atoms with Crippen LogP contribution in [0.4, 0.5) is 10.7 Å². The topological polar surface area (TPSA) is 122 Å². The molecule has 9 nitrogen and oxygen atoms in total. The number of carboxylic acids is 1. The number of rotatable bonds is 7. The summed E-state index contributed by atoms with van der Waals surface area (Å²) < 4.78 is 10.6. The Morgan fingerprint density at radius 1 is 1.03 bits per heavy atom. The fourth-order valence-corrected chi connectivity index (χ4v) is 5.05. The molecule has 1 aromatic heterocycles. The first kappa shape index (κ1) is 22.6. The molecule has 0 aliphatic heterocycles. The molecule has 0 atom stereocenters. The highest BCUT2D eigenvalue weighted by atomic mass is 16.6. The standard InChI is InChI=1S/C26H25N3O6/c30-24(31)14-29(16-7-1-2-8-16)25(32)22-13-23(35-28-22)27-26(33)34-15-21-19-11-5-3-9-17(19)18-10-4-6-12-20(18)21/h3-6,9-13,16,21H,1-2,7-8,14-15H2,(H,27,33)(H,30,31). The van der Waals surface area contributed by atoms with Gasteiger partial charge in [-0.1, -0.05) is 66.5 Å². The molecule has 0 unspecified atom stereocenters. The van der Waals surface area contributed by atoms with E-state index in [1.54, 1.807) is 0 Å². The van der Waals surface area contributed by atoms with Crippen molar-refractivity contribution >= 4 is 23.9 Å². The van der Waals surface area contributed by atoms with Gasteiger partial charge in [-0.3, -0.25) is 14.9 Å². The van der Waals surface area contributed by atoms with Gasteiger partial charge in [-0.25, -0.2) is 4.79 Å². The van der Waals surface area contributed by atoms with Crippen LogP contribution < -0.4 is 5.32 Å². The van der Waals surface area contributed by atoms with Crippen LogP contribution in [0.5, 0.6) is 0 Å². The number of hydrogen-bond acceptors (Lipinski definition) is 6. The van der Waals surface area contributed by atoms with Crippen LogP contribution >= 0.6 is 0 Å². The van der Waals surface area contributed by atoms with Gasteiger partial charge in [0.15, 0.2) is 5.69 Å². The Bertz CT molecular complexity index is 1220. The first-order chi connectivity index (χ1) is 17.0. The van der Waals surface area contributed by atoms with Crippen molar-refractivity contribution < 1.29 is 28.8 Å². The molecule has 2 amide bonds. The average molecular weight is 476 g/mol. The third kappa shape index (κ3) is 4.62. The molecule has 35 heavy (non-hydrogen) atoms. The van der Waals surface area contributed by atoms with E-state index < -0.39 is 24.5 Å². The minimum absolute atomic E-state index is 0.0488. The number of carboxylic acid groups (broad SMARTS) is 1. The number of aromatic nitrogens is 1. The maximum absolute atomic E-state index is 12.9. The Kier molecular flexibility index (Phi) is 6.22. The number of nitrogens with one attached hydrogen (secondary N) is 1. The van der Waals surface area contributed by atoms with Crippen LogP contribution in [0.1, 0.15) is 53.2 Å². The van der Waals surface area contributed by atoms with Crippen molar-refractivity contribution in [2.24, 2.45) is 0 Å². The number of benzene rings is 2. The van der Waals surface area contributed by atoms with Crippen LogP contribution in [0.15, 0.2) is 59.1 Å². The predicted molar refractivity (Wildman–Crippen MR) is 126 cm³/mol. The van der Waals surface area contributed by atoms with Crippen molar-refractivity contribution in [3.05, 3.63) is 71.4 Å². The second-order valence-corrected chi connectivity index (χ2v) is 8.79. The maximum atomic E-state index is 12.9. The van der Waals surface area contributed by atoms with E-state index in [1.807, 2.05) is 36.4 Å². The zero-order valence-electron chi connectivity index (χ0n) is 19.0. The van der Waals surface area contributed by atoms with Crippen molar-refractivity contribution in [1.29, 1.82) is 0 Å². The Balaban J connectivity index is 1.23. The summed E-state index contributed by atoms with van der Waals surface area (Å²) in [5, 5.41) is 15.4. The zero-order chi connectivity index (χ0) is 24.4. The minimum atomic E-state index is -1.09. The van der Waals surface area contributed by atoms with Gasteiger partial charge in [0, 0.05) is 18.0 Å². The molecule has 9 heteroatoms. The Labute approximate surface area is 201 Å². The molecule has 2 aliphatic rings. The third-order valence-electron chi connectivity index (χ3n) is 6.63. The van der Waals surface area contributed by atoms with E-state index in [0.29, 0.717) is 0 Å². The lowest BCUT2D eigenvalue weighted by Crippen LogP contribution is -2.42. The highest BCUT2D eigenvalue weighted by Gasteiger charge is 2.32. The molecule has 5 rings (SSSR count). The summed E-state index contributed by atoms with van der Waals surface area (Å²) in [6.07, 6.45) is 2.66. The van der Waals surface area contributed by atoms with Gasteiger partial charge in [-0.15, -0.1) is 0 Å². The normalized spacial score (nSPS) is 14.9. The molecule has 0 bridgehead atoms. The lowest BCUT2D eigenvalue weighted by molar-refractivity contribution is -0.138. The smallest absolute Gasteiger partial charge is 0.414 e. The molecular weight excluding hydrogens is 450 g/mol. The molecule has 0 radical (unpaired) electrons. The second kappa shape index (κ2) is 9.61. The third-order valence-corrected chi connectivity index (χ3v) is 6.63. The van der Waals surface area contributed by atoms with E-state index in [0.717, 1.165) is 47.9 Å². The largest absolute Gasteiger partial charge is 0.480 e. The van der Waals surface area contributed by atoms with E-state index in [1.165, 1.54) is 11.0 Å². The van der Waals surface area contributed by atoms with E-state index in [-0.39, 0.29) is 30.1 Å². The van der Waals surface area contributed by atoms with E-state index in [9.17, 15) is 19.5 Å². The molecule has 180 valence electrons. The summed E-state index contributed by atoms with van der Waals surface area (Å²) in [5.41, 5.74) is 4.39. The van der Waals surface area contributed by atoms with Crippen molar-refractivity contribution in [1.82, 2.24) is 10.1 Å². The van der Waals surface area contributed by atoms with Crippen LogP contribution in [-0.4, -0.2) is 52.3 Å². The van der Waals surface area contributed by atoms with Crippen molar-refractivity contribution in [3.8, 4) is 11.1 Å². The van der Waals surface area contributed by atoms with Gasteiger partial charge in [-0.05, 0) is 35.1 Å². The lowest BCUT2D eigenvalue weighted by Gasteiger charge is -2.26. The lowest BCUT2D eigenvalue weighted by atomic mass is 9.98. The number of carbonyl (C=O) groups is 3. The molecule has 3 aromatic rings. The summed E-state index contributed by atoms with van der Waals surface area (Å²) in [5.74, 6) is -1.77. The van der Waals surface area contributed by atoms with Gasteiger partial charge >= 0.3 is 12.1 Å². The van der Waals surface area contributed by atoms with Gasteiger partial charge < -0.3 is 19.3 Å². The molecule has 2 N–H and O–H groups in total. The van der Waals surface area contributed by atoms with Gasteiger partial charge in [0.2, 0.25) is 5.88 Å². The van der Waals surface area contributed by atoms with Crippen LogP contribution in [0.3, 0.4) is 0 Å². The van der Waals surface area contributed by atoms with Crippen LogP contribution in [-0.2, 0) is 9.53 Å². The van der Waals surface area contributed by atoms with Gasteiger partial charge in [-0.2, -0.15) is 0 Å². The number of aliphatic carboxylic acids is 1. The summed E-state index contributed by atoms with van der Waals surface area (Å²) in [6.45, 7) is -0.278. The maximum Gasteiger partial charge on any atom is 0.414 e. The van der Waals surface area contributed by atoms with E-state index in [2.05, 4.69) is 22.6 Å². The molecule has 0 spiro atoms. The SMILES string of the molecule is O=C(O)CN(C(=O)c1cc(NC(=O)OCC2c3ccccc3-c3ccccc32)on1)C1CCCC1. The Hall–Kier alpha value is -4.14. The first-order valence-corrected chi connectivity index (χ1v) is 11.6. The van der Waals surface area contributed by atoms with Crippen LogP contribution in [0.2, 0.25) is 0 Å². The van der Waals surface area contributed by atoms with Crippen LogP contribution in [0, 0.1) is 0 Å². The summed E-state index contributed by atoms with van der Waals surface area (Å²) >= 11 is 0. The number of amides is 2. The molecule has 1 heterocycles. The zero-order valence-corrected chi connectivity index (χ0v) is 19.0. The number of carbonyl (C=O) groups excluding carboxylic acids is 2. The second-order valence-electron chi connectivity index (χ2n) is 8.79. The molecule has 1 saturated carbocycles. The number of nitrogens with zero attached hydrogens (tertiary/aromatic N) is 2. The van der Waals surface area contributed by atoms with Gasteiger partial charge in [0.05, 0.1) is 0 Å². The average Bonchev–Trinajstić information content (AvgIpc) is 3.60. The van der Waals surface area contributed by atoms with E-state index in [4.69, 9.17) is 9.26 Å². The summed E-state index contributed by atoms with van der Waals surface area (Å²) in [4.78, 5) is 37.9. The highest BCUT2D eigenvalue weighted by molar-refractivity contribution is 5.95. The quantitative estimate of drug-likeness (QED) is 0.516. The minimum Gasteiger partial charge on any atom is -0.480 e. The van der Waals surface area contributed by atoms with Crippen molar-refractivity contribution in [2.45, 2.75) is 37.6 Å². The van der Waals surface area contributed by atoms with Crippen molar-refractivity contribution in [3.63, 3.8) is 0 Å². The number of fused-ring (bicyclic) bond motifs is 3. The molecule has 2 aliphatic carbocycles. The number of ether oxygens (including phenoxy) is 1. The molecule has 1 fully saturated rings. The van der Waals surface area contributed by atoms with Crippen LogP contribution in [0.25, 0.3) is 11.1 Å². The van der Waals surface area contributed by atoms with Crippen molar-refractivity contribution in [2.75, 3.05) is 18.5 Å². The fourth-order valence-electron chi connectivity index (χ4n) is 5.05. The van der Waals surface area contributed by atoms with Gasteiger partial charge in [0.25, 0.3) is 5.91 Å². The summed E-state index contributed by atoms with van der Waals surface area (Å²) in [6, 6.07) is 17.2. The fraction of sp³-hybridized carbons (Fsp3) is 0.308. The number of hydrogen-bond donors (Lipinski definition) is 2. The predicted octanol–water partition coefficient (Wildman–Crippen LogP) is 4.51. The molecular formula is C26H25N3O6. The Morgan fingerprint density at radius 2 is 1.66 bits per heavy atom. The summed E-state index contributed by atoms with van der Waals surface area (Å²) in [7, 11) is 0. The molecule has 2 aromatic carbocycles. The Morgan fingerprint density at radius 3 is 2.29 bits per heavy atom. The first-order valence-electron chi connectivity index (χ1n) is 11.6. The monoisotopic (exact) mass is 475 g/mol. The number of anilines is 1. The highest BCUT2D eigenvalue weighted by Crippen LogP contribution is 2.44. The van der Waals surface area contributed by atoms with Gasteiger partial charge in [0.1, 0.15) is 13.2 Å². The molecule has 0 saturated heterocycles.